The van der Waals surface area contributed by atoms with E-state index < -0.39 is 0 Å². The zero-order valence-corrected chi connectivity index (χ0v) is 30.7. The van der Waals surface area contributed by atoms with E-state index >= 15 is 0 Å². The van der Waals surface area contributed by atoms with E-state index in [9.17, 15) is 0 Å². The van der Waals surface area contributed by atoms with Gasteiger partial charge in [0.15, 0.2) is 17.5 Å². The van der Waals surface area contributed by atoms with Crippen LogP contribution in [0.5, 0.6) is 0 Å². The second-order valence-corrected chi connectivity index (χ2v) is 15.6. The van der Waals surface area contributed by atoms with Crippen LogP contribution in [0, 0.1) is 5.92 Å². The number of benzene rings is 8. The van der Waals surface area contributed by atoms with Crippen LogP contribution in [0.2, 0.25) is 0 Å². The normalized spacial score (nSPS) is 17.1. The smallest absolute Gasteiger partial charge is 0.164 e. The Balaban J connectivity index is 0.964. The van der Waals surface area contributed by atoms with Crippen molar-refractivity contribution in [1.82, 2.24) is 15.0 Å². The molecule has 0 aliphatic heterocycles. The molecule has 0 spiro atoms. The fourth-order valence-electron chi connectivity index (χ4n) is 9.34. The van der Waals surface area contributed by atoms with Crippen LogP contribution in [0.1, 0.15) is 36.5 Å². The third-order valence-corrected chi connectivity index (χ3v) is 12.2. The topological polar surface area (TPSA) is 38.7 Å². The number of aromatic nitrogens is 3. The van der Waals surface area contributed by atoms with Gasteiger partial charge in [0.25, 0.3) is 0 Å². The number of nitrogens with zero attached hydrogens (tertiary/aromatic N) is 3. The van der Waals surface area contributed by atoms with Crippen molar-refractivity contribution in [2.24, 2.45) is 5.92 Å². The summed E-state index contributed by atoms with van der Waals surface area (Å²) in [7, 11) is 0. The van der Waals surface area contributed by atoms with E-state index in [-0.39, 0.29) is 5.41 Å². The summed E-state index contributed by atoms with van der Waals surface area (Å²) in [6, 6.07) is 56.5. The van der Waals surface area contributed by atoms with Crippen molar-refractivity contribution in [3.63, 3.8) is 0 Å². The van der Waals surface area contributed by atoms with E-state index in [4.69, 9.17) is 15.0 Å². The first-order chi connectivity index (χ1) is 27.0. The molecule has 55 heavy (non-hydrogen) atoms. The predicted octanol–water partition coefficient (Wildman–Crippen LogP) is 13.1. The van der Waals surface area contributed by atoms with Crippen molar-refractivity contribution in [1.29, 1.82) is 0 Å². The molecule has 1 heterocycles. The predicted molar refractivity (Wildman–Crippen MR) is 228 cm³/mol. The highest BCUT2D eigenvalue weighted by Gasteiger charge is 2.45. The molecule has 0 fully saturated rings. The molecule has 0 N–H and O–H groups in total. The highest BCUT2D eigenvalue weighted by atomic mass is 15.0. The average Bonchev–Trinajstić information content (AvgIpc) is 3.48. The largest absolute Gasteiger partial charge is 0.208 e. The summed E-state index contributed by atoms with van der Waals surface area (Å²) in [5.41, 5.74) is 10.7. The van der Waals surface area contributed by atoms with Crippen LogP contribution in [0.3, 0.4) is 0 Å². The molecule has 0 amide bonds. The number of allylic oxidation sites excluding steroid dienone is 4. The maximum absolute atomic E-state index is 5.00. The summed E-state index contributed by atoms with van der Waals surface area (Å²) in [6.45, 7) is 4.85. The second-order valence-electron chi connectivity index (χ2n) is 15.6. The quantitative estimate of drug-likeness (QED) is 0.168. The lowest BCUT2D eigenvalue weighted by Crippen LogP contribution is -2.25. The first-order valence-electron chi connectivity index (χ1n) is 19.2. The summed E-state index contributed by atoms with van der Waals surface area (Å²) < 4.78 is 0. The van der Waals surface area contributed by atoms with E-state index in [0.717, 1.165) is 22.3 Å². The van der Waals surface area contributed by atoms with Gasteiger partial charge in [0.05, 0.1) is 0 Å². The van der Waals surface area contributed by atoms with Gasteiger partial charge in [0.2, 0.25) is 0 Å². The molecule has 0 bridgehead atoms. The molecular formula is C52H37N3. The summed E-state index contributed by atoms with van der Waals surface area (Å²) in [6.07, 6.45) is 7.39. The van der Waals surface area contributed by atoms with E-state index in [1.165, 1.54) is 60.1 Å². The third kappa shape index (κ3) is 5.07. The summed E-state index contributed by atoms with van der Waals surface area (Å²) >= 11 is 0. The number of hydrogen-bond donors (Lipinski definition) is 0. The van der Waals surface area contributed by atoms with Gasteiger partial charge in [-0.15, -0.1) is 0 Å². The van der Waals surface area contributed by atoms with Crippen LogP contribution in [-0.2, 0) is 5.41 Å². The van der Waals surface area contributed by atoms with Gasteiger partial charge in [-0.25, -0.2) is 15.0 Å². The van der Waals surface area contributed by atoms with Gasteiger partial charge >= 0.3 is 0 Å². The Kier molecular flexibility index (Phi) is 7.03. The van der Waals surface area contributed by atoms with E-state index in [1.807, 2.05) is 60.7 Å². The molecule has 9 aromatic rings. The van der Waals surface area contributed by atoms with Gasteiger partial charge in [0, 0.05) is 22.6 Å². The van der Waals surface area contributed by atoms with E-state index in [1.54, 1.807) is 0 Å². The van der Waals surface area contributed by atoms with Crippen molar-refractivity contribution >= 4 is 37.9 Å². The maximum Gasteiger partial charge on any atom is 0.164 e. The number of fused-ring (bicyclic) bond motifs is 3. The molecule has 0 saturated carbocycles. The van der Waals surface area contributed by atoms with Crippen molar-refractivity contribution in [3.8, 4) is 45.3 Å². The average molecular weight is 704 g/mol. The Morgan fingerprint density at radius 1 is 0.473 bits per heavy atom. The van der Waals surface area contributed by atoms with Crippen molar-refractivity contribution < 1.29 is 0 Å². The molecule has 11 rings (SSSR count). The highest BCUT2D eigenvalue weighted by Crippen LogP contribution is 2.55. The molecule has 0 saturated heterocycles. The minimum atomic E-state index is -0.0587. The molecule has 2 aliphatic rings. The molecule has 1 aromatic heterocycles. The van der Waals surface area contributed by atoms with Gasteiger partial charge in [-0.05, 0) is 83.1 Å². The SMILES string of the molecule is CC1(C)c2cc(-c3cccc(-c4nc(-c5ccccc5)nc(-c5ccccc5)n4)c3)ccc2C2C=CC(c3ccc4ccc5cccc6ccc3c4c56)=CC21. The fourth-order valence-corrected chi connectivity index (χ4v) is 9.34. The van der Waals surface area contributed by atoms with Crippen LogP contribution in [-0.4, -0.2) is 15.0 Å². The Labute approximate surface area is 320 Å². The zero-order chi connectivity index (χ0) is 36.7. The Bertz CT molecular complexity index is 2940. The number of rotatable bonds is 5. The molecule has 2 aliphatic carbocycles. The lowest BCUT2D eigenvalue weighted by molar-refractivity contribution is 0.395. The monoisotopic (exact) mass is 703 g/mol. The first-order valence-corrected chi connectivity index (χ1v) is 19.2. The lowest BCUT2D eigenvalue weighted by atomic mass is 9.72. The third-order valence-electron chi connectivity index (χ3n) is 12.2. The van der Waals surface area contributed by atoms with Crippen LogP contribution < -0.4 is 0 Å². The molecule has 2 unspecified atom stereocenters. The first kappa shape index (κ1) is 31.8. The summed E-state index contributed by atoms with van der Waals surface area (Å²) in [5, 5.41) is 7.97. The molecule has 8 aromatic carbocycles. The van der Waals surface area contributed by atoms with Crippen LogP contribution in [0.15, 0.2) is 176 Å². The summed E-state index contributed by atoms with van der Waals surface area (Å²) in [5.74, 6) is 2.68. The minimum absolute atomic E-state index is 0.0587. The molecule has 3 nitrogen and oxygen atoms in total. The zero-order valence-electron chi connectivity index (χ0n) is 30.7. The molecule has 0 radical (unpaired) electrons. The van der Waals surface area contributed by atoms with Crippen LogP contribution in [0.25, 0.3) is 83.2 Å². The maximum atomic E-state index is 5.00. The lowest BCUT2D eigenvalue weighted by Gasteiger charge is -2.31. The number of hydrogen-bond acceptors (Lipinski definition) is 3. The Hall–Kier alpha value is -6.71. The van der Waals surface area contributed by atoms with E-state index in [2.05, 4.69) is 129 Å². The second kappa shape index (κ2) is 12.2. The van der Waals surface area contributed by atoms with Gasteiger partial charge in [-0.3, -0.25) is 0 Å². The molecular weight excluding hydrogens is 667 g/mol. The molecule has 3 heteroatoms. The molecule has 260 valence electrons. The van der Waals surface area contributed by atoms with Crippen molar-refractivity contribution in [2.75, 3.05) is 0 Å². The van der Waals surface area contributed by atoms with Crippen molar-refractivity contribution in [2.45, 2.75) is 25.2 Å². The Morgan fingerprint density at radius 2 is 1.04 bits per heavy atom. The van der Waals surface area contributed by atoms with Crippen LogP contribution in [0.4, 0.5) is 0 Å². The van der Waals surface area contributed by atoms with Crippen molar-refractivity contribution in [3.05, 3.63) is 193 Å². The van der Waals surface area contributed by atoms with Gasteiger partial charge in [-0.2, -0.15) is 0 Å². The fraction of sp³-hybridized carbons (Fsp3) is 0.0962. The Morgan fingerprint density at radius 3 is 1.75 bits per heavy atom. The van der Waals surface area contributed by atoms with Crippen LogP contribution >= 0.6 is 0 Å². The highest BCUT2D eigenvalue weighted by molar-refractivity contribution is 6.24. The van der Waals surface area contributed by atoms with Gasteiger partial charge in [-0.1, -0.05) is 184 Å². The minimum Gasteiger partial charge on any atom is -0.208 e. The molecule has 2 atom stereocenters. The van der Waals surface area contributed by atoms with Gasteiger partial charge in [0.1, 0.15) is 0 Å². The van der Waals surface area contributed by atoms with Gasteiger partial charge < -0.3 is 0 Å². The van der Waals surface area contributed by atoms with E-state index in [0.29, 0.717) is 29.3 Å². The summed E-state index contributed by atoms with van der Waals surface area (Å²) in [4.78, 5) is 14.9. The standard InChI is InChI=1S/C52H37N3/c1-52(2)45-30-38(37-17-10-18-40(29-37)51-54-49(35-11-5-3-6-12-35)53-50(55-51)36-13-7-4-8-14-36)23-26-42(45)43-27-24-39(31-46(43)52)41-25-21-34-20-19-32-15-9-16-33-22-28-44(41)48(34)47(32)33/h3-31,43,46H,1-2H3.